The predicted molar refractivity (Wildman–Crippen MR) is 52.7 cm³/mol. The fraction of sp³-hybridized carbons (Fsp3) is 1.00. The summed E-state index contributed by atoms with van der Waals surface area (Å²) in [6.07, 6.45) is 0. The van der Waals surface area contributed by atoms with Gasteiger partial charge < -0.3 is 21.8 Å². The van der Waals surface area contributed by atoms with Gasteiger partial charge in [-0.25, -0.2) is 0 Å². The summed E-state index contributed by atoms with van der Waals surface area (Å²) >= 11 is 0. The van der Waals surface area contributed by atoms with E-state index in [0.717, 1.165) is 0 Å². The maximum absolute atomic E-state index is 5.40. The number of hydrogen-bond acceptors (Lipinski definition) is 5. The lowest BCUT2D eigenvalue weighted by Gasteiger charge is -2.25. The topological polar surface area (TPSA) is 46.2 Å². The summed E-state index contributed by atoms with van der Waals surface area (Å²) in [6, 6.07) is 0. The lowest BCUT2D eigenvalue weighted by Crippen LogP contribution is -2.49. The first-order valence-electron chi connectivity index (χ1n) is 4.20. The van der Waals surface area contributed by atoms with Crippen molar-refractivity contribution in [3.63, 3.8) is 0 Å². The minimum absolute atomic E-state index is 0.512. The number of rotatable bonds is 8. The van der Waals surface area contributed by atoms with Gasteiger partial charge in [-0.2, -0.15) is 0 Å². The molecular weight excluding hydrogens is 208 g/mol. The second-order valence-electron chi connectivity index (χ2n) is 2.12. The average Bonchev–Trinajstić information content (AvgIpc) is 2.15. The van der Waals surface area contributed by atoms with E-state index >= 15 is 0 Å². The molecule has 13 heavy (non-hydrogen) atoms. The van der Waals surface area contributed by atoms with Crippen LogP contribution >= 0.6 is 0 Å². The zero-order chi connectivity index (χ0) is 10.2. The summed E-state index contributed by atoms with van der Waals surface area (Å²) in [4.78, 5) is 0. The van der Waals surface area contributed by atoms with E-state index in [-0.39, 0.29) is 0 Å². The van der Waals surface area contributed by atoms with E-state index in [4.69, 9.17) is 21.8 Å². The van der Waals surface area contributed by atoms with E-state index in [1.165, 1.54) is 7.11 Å². The predicted octanol–water partition coefficient (Wildman–Crippen LogP) is -0.197. The highest BCUT2D eigenvalue weighted by atomic mass is 28.4. The zero-order valence-corrected chi connectivity index (χ0v) is 11.1. The summed E-state index contributed by atoms with van der Waals surface area (Å²) in [7, 11) is -0.776. The van der Waals surface area contributed by atoms with Crippen LogP contribution in [0.5, 0.6) is 0 Å². The summed E-state index contributed by atoms with van der Waals surface area (Å²) in [5.41, 5.74) is 0. The van der Waals surface area contributed by atoms with Crippen molar-refractivity contribution in [3.05, 3.63) is 0 Å². The molecule has 0 aromatic carbocycles. The Bertz CT molecular complexity index is 118. The van der Waals surface area contributed by atoms with E-state index in [1.807, 2.05) is 13.8 Å². The molecule has 0 fully saturated rings. The molecule has 0 aliphatic rings. The van der Waals surface area contributed by atoms with Gasteiger partial charge in [-0.1, -0.05) is 0 Å². The van der Waals surface area contributed by atoms with Gasteiger partial charge in [0, 0.05) is 27.4 Å². The van der Waals surface area contributed by atoms with E-state index in [0.29, 0.717) is 13.2 Å². The van der Waals surface area contributed by atoms with Crippen LogP contribution in [0.4, 0.5) is 0 Å². The second kappa shape index (κ2) is 7.62. The highest BCUT2D eigenvalue weighted by molar-refractivity contribution is 6.58. The molecule has 0 aromatic heterocycles. The lowest BCUT2D eigenvalue weighted by atomic mass is 10.9. The zero-order valence-electron chi connectivity index (χ0n) is 8.66. The monoisotopic (exact) mass is 226 g/mol. The molecule has 0 spiro atoms. The van der Waals surface area contributed by atoms with E-state index in [1.54, 1.807) is 7.11 Å². The molecule has 0 bridgehead atoms. The quantitative estimate of drug-likeness (QED) is 0.537. The minimum atomic E-state index is -2.85. The highest BCUT2D eigenvalue weighted by Gasteiger charge is 2.43. The maximum atomic E-state index is 5.40. The standard InChI is InChI=1S/C6H18O5Si2/c1-5-9-13(8-4,10-6-2)11-12-7-3/h5-6,12H2,1-4H3. The van der Waals surface area contributed by atoms with Gasteiger partial charge in [0.2, 0.25) is 0 Å². The van der Waals surface area contributed by atoms with E-state index < -0.39 is 19.1 Å². The van der Waals surface area contributed by atoms with E-state index in [9.17, 15) is 0 Å². The van der Waals surface area contributed by atoms with Crippen LogP contribution in [0.1, 0.15) is 13.8 Å². The molecule has 0 N–H and O–H groups in total. The fourth-order valence-electron chi connectivity index (χ4n) is 0.786. The fourth-order valence-corrected chi connectivity index (χ4v) is 4.00. The maximum Gasteiger partial charge on any atom is 0.670 e. The Morgan fingerprint density at radius 3 is 1.92 bits per heavy atom. The first-order valence-corrected chi connectivity index (χ1v) is 6.99. The first-order chi connectivity index (χ1) is 6.24. The Morgan fingerprint density at radius 2 is 1.62 bits per heavy atom. The third-order valence-electron chi connectivity index (χ3n) is 1.25. The van der Waals surface area contributed by atoms with Gasteiger partial charge in [0.25, 0.3) is 10.0 Å². The summed E-state index contributed by atoms with van der Waals surface area (Å²) < 4.78 is 26.1. The third kappa shape index (κ3) is 4.86. The molecule has 0 saturated carbocycles. The Balaban J connectivity index is 4.07. The molecule has 0 heterocycles. The van der Waals surface area contributed by atoms with Gasteiger partial charge in [0.15, 0.2) is 0 Å². The summed E-state index contributed by atoms with van der Waals surface area (Å²) in [6.45, 7) is 4.77. The van der Waals surface area contributed by atoms with Gasteiger partial charge in [-0.15, -0.1) is 0 Å². The van der Waals surface area contributed by atoms with Crippen LogP contribution in [0.15, 0.2) is 0 Å². The van der Waals surface area contributed by atoms with Gasteiger partial charge in [0.05, 0.1) is 0 Å². The molecule has 0 unspecified atom stereocenters. The van der Waals surface area contributed by atoms with Crippen LogP contribution in [0.3, 0.4) is 0 Å². The van der Waals surface area contributed by atoms with Crippen molar-refractivity contribution in [2.24, 2.45) is 0 Å². The molecule has 0 aliphatic carbocycles. The van der Waals surface area contributed by atoms with Crippen molar-refractivity contribution in [1.82, 2.24) is 0 Å². The molecule has 7 heteroatoms. The van der Waals surface area contributed by atoms with Crippen molar-refractivity contribution < 1.29 is 21.8 Å². The van der Waals surface area contributed by atoms with E-state index in [2.05, 4.69) is 0 Å². The molecular formula is C6H18O5Si2. The second-order valence-corrected chi connectivity index (χ2v) is 6.07. The van der Waals surface area contributed by atoms with Crippen LogP contribution in [0.2, 0.25) is 0 Å². The van der Waals surface area contributed by atoms with Crippen LogP contribution in [-0.2, 0) is 21.8 Å². The van der Waals surface area contributed by atoms with Crippen molar-refractivity contribution in [2.45, 2.75) is 13.8 Å². The van der Waals surface area contributed by atoms with Crippen molar-refractivity contribution >= 4 is 19.1 Å². The smallest absolute Gasteiger partial charge is 0.403 e. The molecule has 0 aliphatic heterocycles. The molecule has 0 rings (SSSR count). The minimum Gasteiger partial charge on any atom is -0.403 e. The molecule has 0 atom stereocenters. The van der Waals surface area contributed by atoms with Gasteiger partial charge in [-0.3, -0.25) is 0 Å². The number of hydrogen-bond donors (Lipinski definition) is 0. The molecule has 80 valence electrons. The third-order valence-corrected chi connectivity index (χ3v) is 5.15. The molecule has 0 amide bonds. The van der Waals surface area contributed by atoms with Crippen molar-refractivity contribution in [1.29, 1.82) is 0 Å². The summed E-state index contributed by atoms with van der Waals surface area (Å²) in [5, 5.41) is 0. The average molecular weight is 226 g/mol. The van der Waals surface area contributed by atoms with Gasteiger partial charge in [-0.05, 0) is 13.8 Å². The molecule has 5 nitrogen and oxygen atoms in total. The van der Waals surface area contributed by atoms with Crippen molar-refractivity contribution in [3.8, 4) is 0 Å². The Hall–Kier alpha value is 0.234. The summed E-state index contributed by atoms with van der Waals surface area (Å²) in [5.74, 6) is 0. The largest absolute Gasteiger partial charge is 0.670 e. The van der Waals surface area contributed by atoms with Crippen LogP contribution in [-0.4, -0.2) is 46.5 Å². The Morgan fingerprint density at radius 1 is 1.08 bits per heavy atom. The van der Waals surface area contributed by atoms with Crippen molar-refractivity contribution in [2.75, 3.05) is 27.4 Å². The SMILES string of the molecule is CCO[Si](OC)(OCC)O[SiH2]OC. The molecule has 0 radical (unpaired) electrons. The first kappa shape index (κ1) is 13.2. The highest BCUT2D eigenvalue weighted by Crippen LogP contribution is 2.09. The normalized spacial score (nSPS) is 12.9. The Kier molecular flexibility index (Phi) is 7.76. The molecule has 0 aromatic rings. The molecule has 0 saturated heterocycles. The van der Waals surface area contributed by atoms with Crippen LogP contribution in [0.25, 0.3) is 0 Å². The lowest BCUT2D eigenvalue weighted by molar-refractivity contribution is 0.0179. The van der Waals surface area contributed by atoms with Crippen LogP contribution in [0, 0.1) is 0 Å². The van der Waals surface area contributed by atoms with Gasteiger partial charge >= 0.3 is 9.05 Å². The van der Waals surface area contributed by atoms with Crippen LogP contribution < -0.4 is 0 Å². The van der Waals surface area contributed by atoms with Gasteiger partial charge in [0.1, 0.15) is 0 Å². The Labute approximate surface area is 82.8 Å².